The van der Waals surface area contributed by atoms with Gasteiger partial charge in [-0.3, -0.25) is 9.59 Å². The van der Waals surface area contributed by atoms with Crippen LogP contribution >= 0.6 is 0 Å². The maximum absolute atomic E-state index is 11.7. The van der Waals surface area contributed by atoms with Gasteiger partial charge in [-0.05, 0) is 25.5 Å². The molecule has 5 N–H and O–H groups in total. The number of aryl methyl sites for hydroxylation is 1. The van der Waals surface area contributed by atoms with Gasteiger partial charge in [-0.2, -0.15) is 0 Å². The molecule has 1 amide bonds. The van der Waals surface area contributed by atoms with E-state index in [1.54, 1.807) is 6.92 Å². The van der Waals surface area contributed by atoms with Crippen LogP contribution in [0.15, 0.2) is 12.1 Å². The summed E-state index contributed by atoms with van der Waals surface area (Å²) in [7, 11) is 0. The number of amides is 1. The van der Waals surface area contributed by atoms with Crippen molar-refractivity contribution < 1.29 is 19.8 Å². The number of carbonyl (C=O) groups is 2. The Hall–Kier alpha value is -2.24. The summed E-state index contributed by atoms with van der Waals surface area (Å²) >= 11 is 0. The molecule has 1 atom stereocenters. The minimum Gasteiger partial charge on any atom is -0.505 e. The van der Waals surface area contributed by atoms with Gasteiger partial charge in [-0.25, -0.2) is 0 Å². The molecule has 0 radical (unpaired) electrons. The topological polar surface area (TPSA) is 113 Å². The smallest absolute Gasteiger partial charge is 0.325 e. The quantitative estimate of drug-likeness (QED) is 0.452. The fourth-order valence-corrected chi connectivity index (χ4v) is 1.25. The second-order valence-electron chi connectivity index (χ2n) is 3.73. The van der Waals surface area contributed by atoms with Gasteiger partial charge in [0, 0.05) is 0 Å². The number of nitrogen functional groups attached to an aromatic ring is 1. The van der Waals surface area contributed by atoms with Crippen molar-refractivity contribution in [2.75, 3.05) is 5.73 Å². The molecule has 0 saturated carbocycles. The molecule has 1 aromatic rings. The fraction of sp³-hybridized carbons (Fsp3) is 0.273. The average molecular weight is 238 g/mol. The van der Waals surface area contributed by atoms with E-state index in [2.05, 4.69) is 5.32 Å². The van der Waals surface area contributed by atoms with E-state index in [4.69, 9.17) is 10.8 Å². The van der Waals surface area contributed by atoms with Crippen molar-refractivity contribution in [1.82, 2.24) is 5.32 Å². The van der Waals surface area contributed by atoms with Gasteiger partial charge in [0.25, 0.3) is 5.91 Å². The molecule has 6 nitrogen and oxygen atoms in total. The average Bonchev–Trinajstić information content (AvgIpc) is 2.25. The Morgan fingerprint density at radius 3 is 2.53 bits per heavy atom. The second kappa shape index (κ2) is 4.73. The Bertz CT molecular complexity index is 471. The molecule has 0 aliphatic rings. The van der Waals surface area contributed by atoms with Gasteiger partial charge in [0.1, 0.15) is 11.8 Å². The summed E-state index contributed by atoms with van der Waals surface area (Å²) < 4.78 is 0. The molecule has 0 heterocycles. The predicted octanol–water partition coefficient (Wildman–Crippen LogP) is 0.486. The summed E-state index contributed by atoms with van der Waals surface area (Å²) in [6.45, 7) is 2.98. The van der Waals surface area contributed by atoms with Gasteiger partial charge in [-0.15, -0.1) is 0 Å². The Morgan fingerprint density at radius 2 is 2.00 bits per heavy atom. The number of aromatic hydroxyl groups is 1. The van der Waals surface area contributed by atoms with Crippen LogP contribution in [0, 0.1) is 6.92 Å². The first-order valence-corrected chi connectivity index (χ1v) is 4.96. The van der Waals surface area contributed by atoms with Crippen molar-refractivity contribution >= 4 is 17.6 Å². The first-order chi connectivity index (χ1) is 7.84. The van der Waals surface area contributed by atoms with Crippen LogP contribution in [-0.4, -0.2) is 28.1 Å². The number of anilines is 1. The molecule has 0 aromatic heterocycles. The zero-order valence-corrected chi connectivity index (χ0v) is 9.52. The van der Waals surface area contributed by atoms with Gasteiger partial charge >= 0.3 is 5.97 Å². The van der Waals surface area contributed by atoms with E-state index < -0.39 is 17.9 Å². The number of benzene rings is 1. The number of nitrogens with one attached hydrogen (secondary N) is 1. The third-order valence-corrected chi connectivity index (χ3v) is 2.38. The van der Waals surface area contributed by atoms with Crippen molar-refractivity contribution in [2.45, 2.75) is 19.9 Å². The number of nitrogens with two attached hydrogens (primary N) is 1. The van der Waals surface area contributed by atoms with Crippen LogP contribution in [0.5, 0.6) is 5.75 Å². The summed E-state index contributed by atoms with van der Waals surface area (Å²) in [5, 5.41) is 20.5. The first-order valence-electron chi connectivity index (χ1n) is 4.96. The minimum absolute atomic E-state index is 0.0555. The summed E-state index contributed by atoms with van der Waals surface area (Å²) in [5.74, 6) is -1.94. The molecule has 0 aliphatic heterocycles. The van der Waals surface area contributed by atoms with Crippen LogP contribution in [0.1, 0.15) is 22.8 Å². The normalized spacial score (nSPS) is 11.9. The van der Waals surface area contributed by atoms with Gasteiger partial charge in [0.15, 0.2) is 0 Å². The van der Waals surface area contributed by atoms with Crippen molar-refractivity contribution in [1.29, 1.82) is 0 Å². The molecule has 1 unspecified atom stereocenters. The molecule has 92 valence electrons. The van der Waals surface area contributed by atoms with Crippen LogP contribution in [0.2, 0.25) is 0 Å². The van der Waals surface area contributed by atoms with E-state index in [-0.39, 0.29) is 17.0 Å². The molecule has 6 heteroatoms. The van der Waals surface area contributed by atoms with Crippen LogP contribution in [0.25, 0.3) is 0 Å². The lowest BCUT2D eigenvalue weighted by molar-refractivity contribution is -0.138. The molecule has 1 aromatic carbocycles. The Morgan fingerprint density at radius 1 is 1.41 bits per heavy atom. The maximum Gasteiger partial charge on any atom is 0.325 e. The molecule has 0 fully saturated rings. The third kappa shape index (κ3) is 2.66. The number of aliphatic carboxylic acids is 1. The summed E-state index contributed by atoms with van der Waals surface area (Å²) in [4.78, 5) is 22.3. The highest BCUT2D eigenvalue weighted by atomic mass is 16.4. The van der Waals surface area contributed by atoms with Gasteiger partial charge in [0.2, 0.25) is 0 Å². The van der Waals surface area contributed by atoms with Crippen molar-refractivity contribution in [3.63, 3.8) is 0 Å². The summed E-state index contributed by atoms with van der Waals surface area (Å²) in [6.07, 6.45) is 0. The van der Waals surface area contributed by atoms with Gasteiger partial charge < -0.3 is 21.3 Å². The monoisotopic (exact) mass is 238 g/mol. The zero-order valence-electron chi connectivity index (χ0n) is 9.52. The van der Waals surface area contributed by atoms with E-state index in [9.17, 15) is 14.7 Å². The number of rotatable bonds is 3. The predicted molar refractivity (Wildman–Crippen MR) is 61.8 cm³/mol. The van der Waals surface area contributed by atoms with Crippen LogP contribution < -0.4 is 11.1 Å². The molecule has 0 bridgehead atoms. The minimum atomic E-state index is -1.15. The largest absolute Gasteiger partial charge is 0.505 e. The van der Waals surface area contributed by atoms with Crippen LogP contribution in [-0.2, 0) is 4.79 Å². The van der Waals surface area contributed by atoms with Crippen molar-refractivity contribution in [2.24, 2.45) is 0 Å². The van der Waals surface area contributed by atoms with E-state index in [1.165, 1.54) is 19.1 Å². The highest BCUT2D eigenvalue weighted by Gasteiger charge is 2.18. The molecule has 0 spiro atoms. The number of carboxylic acid groups (broad SMARTS) is 1. The lowest BCUT2D eigenvalue weighted by Gasteiger charge is -2.12. The van der Waals surface area contributed by atoms with E-state index in [0.29, 0.717) is 5.56 Å². The third-order valence-electron chi connectivity index (χ3n) is 2.38. The Kier molecular flexibility index (Phi) is 3.57. The second-order valence-corrected chi connectivity index (χ2v) is 3.73. The van der Waals surface area contributed by atoms with Crippen molar-refractivity contribution in [3.05, 3.63) is 23.3 Å². The van der Waals surface area contributed by atoms with Crippen LogP contribution in [0.3, 0.4) is 0 Å². The Labute approximate surface area is 98.1 Å². The van der Waals surface area contributed by atoms with Gasteiger partial charge in [0.05, 0.1) is 11.3 Å². The maximum atomic E-state index is 11.7. The molecule has 17 heavy (non-hydrogen) atoms. The van der Waals surface area contributed by atoms with E-state index in [0.717, 1.165) is 0 Å². The first kappa shape index (κ1) is 12.8. The summed E-state index contributed by atoms with van der Waals surface area (Å²) in [6, 6.07) is 1.95. The number of carboxylic acids is 1. The fourth-order valence-electron chi connectivity index (χ4n) is 1.25. The number of phenolic OH excluding ortho intramolecular Hbond substituents is 1. The highest BCUT2D eigenvalue weighted by Crippen LogP contribution is 2.27. The molecule has 0 saturated heterocycles. The lowest BCUT2D eigenvalue weighted by Crippen LogP contribution is -2.38. The number of hydrogen-bond donors (Lipinski definition) is 4. The van der Waals surface area contributed by atoms with E-state index >= 15 is 0 Å². The molecule has 0 aliphatic carbocycles. The van der Waals surface area contributed by atoms with Gasteiger partial charge in [-0.1, -0.05) is 6.07 Å². The molecule has 1 rings (SSSR count). The number of hydrogen-bond acceptors (Lipinski definition) is 4. The number of carbonyl (C=O) groups excluding carboxylic acids is 1. The van der Waals surface area contributed by atoms with E-state index in [1.807, 2.05) is 0 Å². The zero-order chi connectivity index (χ0) is 13.2. The SMILES string of the molecule is Cc1ccc(C(=O)NC(C)C(=O)O)c(N)c1O. The lowest BCUT2D eigenvalue weighted by atomic mass is 10.1. The number of phenols is 1. The molecular weight excluding hydrogens is 224 g/mol. The summed E-state index contributed by atoms with van der Waals surface area (Å²) in [5.41, 5.74) is 6.13. The highest BCUT2D eigenvalue weighted by molar-refractivity contribution is 6.02. The Balaban J connectivity index is 2.98. The van der Waals surface area contributed by atoms with Crippen LogP contribution in [0.4, 0.5) is 5.69 Å². The standard InChI is InChI=1S/C11H14N2O4/c1-5-3-4-7(8(12)9(5)14)10(15)13-6(2)11(16)17/h3-4,6,14H,12H2,1-2H3,(H,13,15)(H,16,17). The molecular formula is C11H14N2O4. The van der Waals surface area contributed by atoms with Crippen molar-refractivity contribution in [3.8, 4) is 5.75 Å².